The van der Waals surface area contributed by atoms with Crippen LogP contribution in [0.5, 0.6) is 0 Å². The predicted octanol–water partition coefficient (Wildman–Crippen LogP) is 3.42. The summed E-state index contributed by atoms with van der Waals surface area (Å²) in [5, 5.41) is 1.33. The fourth-order valence-electron chi connectivity index (χ4n) is 2.51. The van der Waals surface area contributed by atoms with Crippen LogP contribution >= 0.6 is 0 Å². The molecule has 2 rings (SSSR count). The van der Waals surface area contributed by atoms with Crippen molar-refractivity contribution in [1.82, 2.24) is 4.57 Å². The van der Waals surface area contributed by atoms with Gasteiger partial charge in [-0.3, -0.25) is 0 Å². The Kier molecular flexibility index (Phi) is 3.25. The molecule has 2 N–H and O–H groups in total. The summed E-state index contributed by atoms with van der Waals surface area (Å²) in [6.07, 6.45) is 0.936. The van der Waals surface area contributed by atoms with Crippen molar-refractivity contribution in [1.29, 1.82) is 0 Å². The highest BCUT2D eigenvalue weighted by Gasteiger charge is 2.12. The van der Waals surface area contributed by atoms with Gasteiger partial charge in [0.1, 0.15) is 0 Å². The second-order valence-electron chi connectivity index (χ2n) is 5.34. The second-order valence-corrected chi connectivity index (χ2v) is 5.34. The van der Waals surface area contributed by atoms with Gasteiger partial charge in [0.05, 0.1) is 0 Å². The van der Waals surface area contributed by atoms with Crippen molar-refractivity contribution in [3.63, 3.8) is 0 Å². The quantitative estimate of drug-likeness (QED) is 0.860. The maximum Gasteiger partial charge on any atom is 0.0485 e. The van der Waals surface area contributed by atoms with Gasteiger partial charge in [-0.1, -0.05) is 11.6 Å². The van der Waals surface area contributed by atoms with Gasteiger partial charge < -0.3 is 10.3 Å². The van der Waals surface area contributed by atoms with E-state index in [1.807, 2.05) is 0 Å². The number of aromatic nitrogens is 1. The van der Waals surface area contributed by atoms with E-state index in [1.165, 1.54) is 22.2 Å². The second kappa shape index (κ2) is 4.53. The van der Waals surface area contributed by atoms with Crippen LogP contribution in [0.15, 0.2) is 24.3 Å². The highest BCUT2D eigenvalue weighted by Crippen LogP contribution is 2.25. The molecule has 0 spiro atoms. The van der Waals surface area contributed by atoms with Crippen molar-refractivity contribution >= 4 is 10.9 Å². The van der Waals surface area contributed by atoms with Gasteiger partial charge in [-0.05, 0) is 45.9 Å². The lowest BCUT2D eigenvalue weighted by atomic mass is 10.1. The molecule has 2 nitrogen and oxygen atoms in total. The third kappa shape index (κ3) is 2.37. The molecule has 0 amide bonds. The summed E-state index contributed by atoms with van der Waals surface area (Å²) in [5.41, 5.74) is 9.91. The smallest absolute Gasteiger partial charge is 0.0485 e. The van der Waals surface area contributed by atoms with E-state index in [-0.39, 0.29) is 6.04 Å². The van der Waals surface area contributed by atoms with Crippen LogP contribution in [0.3, 0.4) is 0 Å². The SMILES string of the molecule is Cc1ccc2c(c1)cc(CC(C)N)n2C(C)C. The average Bonchev–Trinajstić information content (AvgIpc) is 2.53. The van der Waals surface area contributed by atoms with E-state index in [0.29, 0.717) is 6.04 Å². The maximum atomic E-state index is 5.93. The molecule has 1 atom stereocenters. The molecule has 0 saturated heterocycles. The van der Waals surface area contributed by atoms with Crippen LogP contribution in [0.2, 0.25) is 0 Å². The normalized spacial score (nSPS) is 13.5. The van der Waals surface area contributed by atoms with E-state index in [0.717, 1.165) is 6.42 Å². The molecule has 0 fully saturated rings. The minimum Gasteiger partial charge on any atom is -0.342 e. The molecule has 92 valence electrons. The number of nitrogens with zero attached hydrogens (tertiary/aromatic N) is 1. The summed E-state index contributed by atoms with van der Waals surface area (Å²) in [6, 6.07) is 9.61. The summed E-state index contributed by atoms with van der Waals surface area (Å²) in [4.78, 5) is 0. The number of hydrogen-bond donors (Lipinski definition) is 1. The topological polar surface area (TPSA) is 30.9 Å². The molecule has 0 radical (unpaired) electrons. The van der Waals surface area contributed by atoms with Gasteiger partial charge in [0.25, 0.3) is 0 Å². The maximum absolute atomic E-state index is 5.93. The number of hydrogen-bond acceptors (Lipinski definition) is 1. The largest absolute Gasteiger partial charge is 0.342 e. The Balaban J connectivity index is 2.61. The van der Waals surface area contributed by atoms with E-state index in [1.54, 1.807) is 0 Å². The fraction of sp³-hybridized carbons (Fsp3) is 0.467. The number of nitrogens with two attached hydrogens (primary N) is 1. The van der Waals surface area contributed by atoms with Gasteiger partial charge >= 0.3 is 0 Å². The van der Waals surface area contributed by atoms with Crippen molar-refractivity contribution in [3.05, 3.63) is 35.5 Å². The zero-order valence-corrected chi connectivity index (χ0v) is 11.2. The van der Waals surface area contributed by atoms with Gasteiger partial charge in [-0.25, -0.2) is 0 Å². The molecular formula is C15H22N2. The minimum atomic E-state index is 0.206. The first-order valence-corrected chi connectivity index (χ1v) is 6.35. The van der Waals surface area contributed by atoms with Gasteiger partial charge in [0.15, 0.2) is 0 Å². The molecule has 0 aliphatic carbocycles. The predicted molar refractivity (Wildman–Crippen MR) is 74.4 cm³/mol. The van der Waals surface area contributed by atoms with Crippen LogP contribution in [0, 0.1) is 6.92 Å². The molecule has 17 heavy (non-hydrogen) atoms. The summed E-state index contributed by atoms with van der Waals surface area (Å²) in [7, 11) is 0. The Hall–Kier alpha value is -1.28. The Labute approximate surface area is 103 Å². The zero-order valence-electron chi connectivity index (χ0n) is 11.2. The molecule has 1 unspecified atom stereocenters. The molecule has 0 bridgehead atoms. The van der Waals surface area contributed by atoms with E-state index in [2.05, 4.69) is 56.5 Å². The number of rotatable bonds is 3. The Morgan fingerprint density at radius 1 is 1.18 bits per heavy atom. The minimum absolute atomic E-state index is 0.206. The lowest BCUT2D eigenvalue weighted by Crippen LogP contribution is -2.20. The fourth-order valence-corrected chi connectivity index (χ4v) is 2.51. The van der Waals surface area contributed by atoms with Crippen molar-refractivity contribution in [2.24, 2.45) is 5.73 Å². The first-order chi connectivity index (χ1) is 7.99. The van der Waals surface area contributed by atoms with Crippen LogP contribution < -0.4 is 5.73 Å². The average molecular weight is 230 g/mol. The third-order valence-electron chi connectivity index (χ3n) is 3.12. The van der Waals surface area contributed by atoms with E-state index >= 15 is 0 Å². The lowest BCUT2D eigenvalue weighted by molar-refractivity contribution is 0.576. The third-order valence-corrected chi connectivity index (χ3v) is 3.12. The molecule has 0 saturated carbocycles. The van der Waals surface area contributed by atoms with E-state index in [4.69, 9.17) is 5.73 Å². The number of benzene rings is 1. The molecule has 1 aromatic heterocycles. The highest BCUT2D eigenvalue weighted by atomic mass is 15.0. The van der Waals surface area contributed by atoms with Gasteiger partial charge in [-0.15, -0.1) is 0 Å². The van der Waals surface area contributed by atoms with Crippen molar-refractivity contribution < 1.29 is 0 Å². The van der Waals surface area contributed by atoms with Crippen LogP contribution in [0.1, 0.15) is 38.1 Å². The van der Waals surface area contributed by atoms with Gasteiger partial charge in [0, 0.05) is 35.1 Å². The van der Waals surface area contributed by atoms with Crippen LogP contribution in [0.4, 0.5) is 0 Å². The molecule has 2 heteroatoms. The molecule has 0 aliphatic rings. The zero-order chi connectivity index (χ0) is 12.6. The van der Waals surface area contributed by atoms with E-state index in [9.17, 15) is 0 Å². The van der Waals surface area contributed by atoms with Gasteiger partial charge in [-0.2, -0.15) is 0 Å². The number of fused-ring (bicyclic) bond motifs is 1. The molecule has 1 heterocycles. The van der Waals surface area contributed by atoms with Crippen LogP contribution in [-0.2, 0) is 6.42 Å². The Morgan fingerprint density at radius 3 is 2.47 bits per heavy atom. The molecule has 1 aromatic carbocycles. The summed E-state index contributed by atoms with van der Waals surface area (Å²) >= 11 is 0. The van der Waals surface area contributed by atoms with Crippen LogP contribution in [-0.4, -0.2) is 10.6 Å². The van der Waals surface area contributed by atoms with Crippen molar-refractivity contribution in [3.8, 4) is 0 Å². The van der Waals surface area contributed by atoms with E-state index < -0.39 is 0 Å². The first kappa shape index (κ1) is 12.2. The lowest BCUT2D eigenvalue weighted by Gasteiger charge is -2.16. The van der Waals surface area contributed by atoms with Gasteiger partial charge in [0.2, 0.25) is 0 Å². The van der Waals surface area contributed by atoms with Crippen molar-refractivity contribution in [2.75, 3.05) is 0 Å². The summed E-state index contributed by atoms with van der Waals surface area (Å²) in [5.74, 6) is 0. The summed E-state index contributed by atoms with van der Waals surface area (Å²) in [6.45, 7) is 8.65. The first-order valence-electron chi connectivity index (χ1n) is 6.35. The summed E-state index contributed by atoms with van der Waals surface area (Å²) < 4.78 is 2.40. The number of aryl methyl sites for hydroxylation is 1. The highest BCUT2D eigenvalue weighted by molar-refractivity contribution is 5.82. The monoisotopic (exact) mass is 230 g/mol. The van der Waals surface area contributed by atoms with Crippen molar-refractivity contribution in [2.45, 2.75) is 46.2 Å². The Morgan fingerprint density at radius 2 is 1.88 bits per heavy atom. The molecule has 0 aliphatic heterocycles. The standard InChI is InChI=1S/C15H22N2/c1-10(2)17-14(8-12(4)16)9-13-7-11(3)5-6-15(13)17/h5-7,9-10,12H,8,16H2,1-4H3. The Bertz CT molecular complexity index is 521. The molecule has 2 aromatic rings. The molecular weight excluding hydrogens is 208 g/mol. The van der Waals surface area contributed by atoms with Crippen LogP contribution in [0.25, 0.3) is 10.9 Å².